The van der Waals surface area contributed by atoms with Crippen molar-refractivity contribution in [1.29, 1.82) is 0 Å². The van der Waals surface area contributed by atoms with Crippen molar-refractivity contribution in [2.24, 2.45) is 5.73 Å². The van der Waals surface area contributed by atoms with Crippen molar-refractivity contribution in [3.8, 4) is 5.75 Å². The standard InChI is InChI=1S/C12H16N2O5/c13-9(6-15)11(17)14-10(12(18)19)5-7-1-3-8(16)4-2-7/h1-4,9-10,15-16H,5-6,13H2,(H,14,17)(H,18,19)/t9-,10-/m1/s1. The van der Waals surface area contributed by atoms with Crippen molar-refractivity contribution in [3.05, 3.63) is 29.8 Å². The zero-order valence-corrected chi connectivity index (χ0v) is 10.1. The highest BCUT2D eigenvalue weighted by molar-refractivity contribution is 5.87. The minimum atomic E-state index is -1.20. The Bertz CT molecular complexity index is 446. The number of carbonyl (C=O) groups is 2. The first kappa shape index (κ1) is 14.9. The predicted octanol–water partition coefficient (Wildman–Crippen LogP) is -1.18. The molecule has 0 saturated heterocycles. The molecule has 1 aromatic rings. The highest BCUT2D eigenvalue weighted by atomic mass is 16.4. The summed E-state index contributed by atoms with van der Waals surface area (Å²) in [6, 6.07) is 3.68. The molecule has 0 fully saturated rings. The third-order valence-electron chi connectivity index (χ3n) is 2.52. The summed E-state index contributed by atoms with van der Waals surface area (Å²) in [5, 5.41) is 29.1. The summed E-state index contributed by atoms with van der Waals surface area (Å²) in [5.74, 6) is -1.86. The Labute approximate surface area is 109 Å². The molecule has 1 aromatic carbocycles. The molecule has 0 aliphatic carbocycles. The van der Waals surface area contributed by atoms with Gasteiger partial charge in [-0.2, -0.15) is 0 Å². The average molecular weight is 268 g/mol. The maximum atomic E-state index is 11.4. The number of carbonyl (C=O) groups excluding carboxylic acids is 1. The number of amides is 1. The molecule has 0 aliphatic rings. The first-order valence-electron chi connectivity index (χ1n) is 5.61. The minimum Gasteiger partial charge on any atom is -0.508 e. The van der Waals surface area contributed by atoms with Gasteiger partial charge < -0.3 is 26.4 Å². The molecule has 6 N–H and O–H groups in total. The molecule has 0 radical (unpaired) electrons. The molecule has 19 heavy (non-hydrogen) atoms. The van der Waals surface area contributed by atoms with E-state index in [0.29, 0.717) is 5.56 Å². The molecule has 7 heteroatoms. The fraction of sp³-hybridized carbons (Fsp3) is 0.333. The van der Waals surface area contributed by atoms with E-state index >= 15 is 0 Å². The van der Waals surface area contributed by atoms with E-state index in [9.17, 15) is 9.59 Å². The first-order valence-corrected chi connectivity index (χ1v) is 5.61. The maximum absolute atomic E-state index is 11.4. The Morgan fingerprint density at radius 1 is 1.26 bits per heavy atom. The van der Waals surface area contributed by atoms with E-state index in [1.165, 1.54) is 12.1 Å². The van der Waals surface area contributed by atoms with Gasteiger partial charge >= 0.3 is 5.97 Å². The van der Waals surface area contributed by atoms with Gasteiger partial charge in [0.05, 0.1) is 6.61 Å². The molecule has 7 nitrogen and oxygen atoms in total. The number of nitrogens with one attached hydrogen (secondary N) is 1. The van der Waals surface area contributed by atoms with Gasteiger partial charge in [-0.05, 0) is 17.7 Å². The number of carboxylic acid groups (broad SMARTS) is 1. The molecule has 0 spiro atoms. The lowest BCUT2D eigenvalue weighted by molar-refractivity contribution is -0.142. The van der Waals surface area contributed by atoms with Crippen molar-refractivity contribution in [2.75, 3.05) is 6.61 Å². The zero-order valence-electron chi connectivity index (χ0n) is 10.1. The molecule has 0 aliphatic heterocycles. The van der Waals surface area contributed by atoms with Crippen molar-refractivity contribution < 1.29 is 24.9 Å². The molecule has 0 aromatic heterocycles. The number of hydrogen-bond acceptors (Lipinski definition) is 5. The monoisotopic (exact) mass is 268 g/mol. The summed E-state index contributed by atoms with van der Waals surface area (Å²) in [4.78, 5) is 22.5. The summed E-state index contributed by atoms with van der Waals surface area (Å²) in [5.41, 5.74) is 5.93. The summed E-state index contributed by atoms with van der Waals surface area (Å²) in [6.07, 6.45) is 0.0551. The Morgan fingerprint density at radius 3 is 2.32 bits per heavy atom. The van der Waals surface area contributed by atoms with Crippen LogP contribution in [0.1, 0.15) is 5.56 Å². The van der Waals surface area contributed by atoms with Gasteiger partial charge in [-0.25, -0.2) is 4.79 Å². The van der Waals surface area contributed by atoms with Crippen LogP contribution in [0.3, 0.4) is 0 Å². The summed E-state index contributed by atoms with van der Waals surface area (Å²) in [6.45, 7) is -0.558. The number of carboxylic acids is 1. The fourth-order valence-electron chi connectivity index (χ4n) is 1.43. The molecular formula is C12H16N2O5. The van der Waals surface area contributed by atoms with Crippen molar-refractivity contribution >= 4 is 11.9 Å². The van der Waals surface area contributed by atoms with Gasteiger partial charge in [0.15, 0.2) is 0 Å². The van der Waals surface area contributed by atoms with Crippen LogP contribution >= 0.6 is 0 Å². The van der Waals surface area contributed by atoms with Crippen molar-refractivity contribution in [2.45, 2.75) is 18.5 Å². The second-order valence-corrected chi connectivity index (χ2v) is 4.06. The predicted molar refractivity (Wildman–Crippen MR) is 66.4 cm³/mol. The largest absolute Gasteiger partial charge is 0.508 e. The number of hydrogen-bond donors (Lipinski definition) is 5. The Morgan fingerprint density at radius 2 is 1.84 bits per heavy atom. The topological polar surface area (TPSA) is 133 Å². The van der Waals surface area contributed by atoms with Crippen LogP contribution in [0.4, 0.5) is 0 Å². The molecule has 1 amide bonds. The third kappa shape index (κ3) is 4.57. The molecule has 1 rings (SSSR count). The van der Waals surface area contributed by atoms with Gasteiger partial charge in [-0.1, -0.05) is 12.1 Å². The Balaban J connectivity index is 2.71. The van der Waals surface area contributed by atoms with E-state index in [1.807, 2.05) is 0 Å². The van der Waals surface area contributed by atoms with Crippen LogP contribution < -0.4 is 11.1 Å². The highest BCUT2D eigenvalue weighted by Crippen LogP contribution is 2.11. The zero-order chi connectivity index (χ0) is 14.4. The SMILES string of the molecule is N[C@H](CO)C(=O)N[C@H](Cc1ccc(O)cc1)C(=O)O. The summed E-state index contributed by atoms with van der Waals surface area (Å²) < 4.78 is 0. The lowest BCUT2D eigenvalue weighted by Gasteiger charge is -2.16. The first-order chi connectivity index (χ1) is 8.93. The lowest BCUT2D eigenvalue weighted by Crippen LogP contribution is -2.50. The van der Waals surface area contributed by atoms with Gasteiger partial charge in [0.1, 0.15) is 17.8 Å². The number of phenols is 1. The smallest absolute Gasteiger partial charge is 0.326 e. The van der Waals surface area contributed by atoms with Crippen LogP contribution in [-0.2, 0) is 16.0 Å². The molecule has 104 valence electrons. The van der Waals surface area contributed by atoms with Crippen LogP contribution in [0.15, 0.2) is 24.3 Å². The van der Waals surface area contributed by atoms with Crippen LogP contribution in [0.2, 0.25) is 0 Å². The van der Waals surface area contributed by atoms with Crippen LogP contribution in [0.25, 0.3) is 0 Å². The number of rotatable bonds is 6. The van der Waals surface area contributed by atoms with Crippen LogP contribution in [0.5, 0.6) is 5.75 Å². The van der Waals surface area contributed by atoms with E-state index in [0.717, 1.165) is 0 Å². The van der Waals surface area contributed by atoms with Gasteiger partial charge in [0.25, 0.3) is 0 Å². The van der Waals surface area contributed by atoms with Crippen LogP contribution in [0, 0.1) is 0 Å². The maximum Gasteiger partial charge on any atom is 0.326 e. The molecule has 0 heterocycles. The molecule has 2 atom stereocenters. The number of benzene rings is 1. The number of phenolic OH excluding ortho intramolecular Hbond substituents is 1. The van der Waals surface area contributed by atoms with Crippen LogP contribution in [-0.4, -0.2) is 45.9 Å². The van der Waals surface area contributed by atoms with E-state index < -0.39 is 30.6 Å². The summed E-state index contributed by atoms with van der Waals surface area (Å²) in [7, 11) is 0. The second-order valence-electron chi connectivity index (χ2n) is 4.06. The minimum absolute atomic E-state index is 0.0551. The van der Waals surface area contributed by atoms with Gasteiger partial charge in [-0.15, -0.1) is 0 Å². The normalized spacial score (nSPS) is 13.6. The van der Waals surface area contributed by atoms with E-state index in [2.05, 4.69) is 5.32 Å². The number of nitrogens with two attached hydrogens (primary N) is 1. The van der Waals surface area contributed by atoms with Crippen molar-refractivity contribution in [3.63, 3.8) is 0 Å². The van der Waals surface area contributed by atoms with E-state index in [4.69, 9.17) is 21.1 Å². The highest BCUT2D eigenvalue weighted by Gasteiger charge is 2.23. The van der Waals surface area contributed by atoms with Gasteiger partial charge in [-0.3, -0.25) is 4.79 Å². The number of aromatic hydroxyl groups is 1. The quantitative estimate of drug-likeness (QED) is 0.441. The fourth-order valence-corrected chi connectivity index (χ4v) is 1.43. The number of aliphatic hydroxyl groups excluding tert-OH is 1. The number of aliphatic carboxylic acids is 1. The number of aliphatic hydroxyl groups is 1. The van der Waals surface area contributed by atoms with Gasteiger partial charge in [0, 0.05) is 6.42 Å². The lowest BCUT2D eigenvalue weighted by atomic mass is 10.1. The van der Waals surface area contributed by atoms with Crippen molar-refractivity contribution in [1.82, 2.24) is 5.32 Å². The molecule has 0 saturated carbocycles. The van der Waals surface area contributed by atoms with E-state index in [1.54, 1.807) is 12.1 Å². The van der Waals surface area contributed by atoms with Gasteiger partial charge in [0.2, 0.25) is 5.91 Å². The molecule has 0 unspecified atom stereocenters. The summed E-state index contributed by atoms with van der Waals surface area (Å²) >= 11 is 0. The Hall–Kier alpha value is -2.12. The van der Waals surface area contributed by atoms with E-state index in [-0.39, 0.29) is 12.2 Å². The molecule has 0 bridgehead atoms. The average Bonchev–Trinajstić information content (AvgIpc) is 2.39. The molecular weight excluding hydrogens is 252 g/mol. The third-order valence-corrected chi connectivity index (χ3v) is 2.52. The Kier molecular flexibility index (Phi) is 5.28. The second kappa shape index (κ2) is 6.72.